The van der Waals surface area contributed by atoms with Crippen molar-refractivity contribution >= 4 is 39.1 Å². The third kappa shape index (κ3) is 5.54. The van der Waals surface area contributed by atoms with Gasteiger partial charge in [-0.3, -0.25) is 4.79 Å². The number of hydrogen-bond donors (Lipinski definition) is 1. The highest BCUT2D eigenvalue weighted by atomic mass is 35.5. The van der Waals surface area contributed by atoms with Crippen LogP contribution in [0.25, 0.3) is 6.08 Å². The number of unbranched alkanes of at least 4 members (excludes halogenated alkanes) is 1. The second-order valence-electron chi connectivity index (χ2n) is 7.72. The van der Waals surface area contributed by atoms with Crippen LogP contribution in [0, 0.1) is 18.3 Å². The summed E-state index contributed by atoms with van der Waals surface area (Å²) in [5.74, 6) is -0.465. The van der Waals surface area contributed by atoms with Crippen molar-refractivity contribution in [3.8, 4) is 6.07 Å². The summed E-state index contributed by atoms with van der Waals surface area (Å²) in [6.07, 6.45) is 5.04. The topological polar surface area (TPSA) is 105 Å². The number of benzene rings is 1. The fourth-order valence-electron chi connectivity index (χ4n) is 3.53. The number of sulfone groups is 1. The lowest BCUT2D eigenvalue weighted by Crippen LogP contribution is -2.13. The number of halogens is 1. The standard InChI is InChI=1S/C22H25ClN4O3S/c1-3-4-5-16-6-8-18(9-7-16)25-22(28)17(13-24)12-20-15(2)26-27(21(20)23)19-10-11-31(29,30)14-19/h6-9,12,19H,3-5,10-11,14H2,1-2H3,(H,25,28)/b17-12+/t19-/m1/s1. The van der Waals surface area contributed by atoms with Gasteiger partial charge in [0.1, 0.15) is 16.8 Å². The first-order valence-electron chi connectivity index (χ1n) is 10.2. The minimum absolute atomic E-state index is 0.0170. The average molecular weight is 461 g/mol. The number of nitriles is 1. The molecule has 31 heavy (non-hydrogen) atoms. The molecule has 1 atom stereocenters. The van der Waals surface area contributed by atoms with Crippen LogP contribution in [0.3, 0.4) is 0 Å². The van der Waals surface area contributed by atoms with Crippen LogP contribution in [0.15, 0.2) is 29.8 Å². The molecule has 0 saturated carbocycles. The quantitative estimate of drug-likeness (QED) is 0.494. The van der Waals surface area contributed by atoms with Gasteiger partial charge in [0.15, 0.2) is 9.84 Å². The Bertz CT molecular complexity index is 1140. The van der Waals surface area contributed by atoms with E-state index in [1.807, 2.05) is 30.3 Å². The molecule has 1 N–H and O–H groups in total. The first kappa shape index (κ1) is 23.0. The normalized spacial score (nSPS) is 18.0. The number of carbonyl (C=O) groups is 1. The maximum Gasteiger partial charge on any atom is 0.266 e. The maximum atomic E-state index is 12.6. The first-order chi connectivity index (χ1) is 14.7. The fraction of sp³-hybridized carbons (Fsp3) is 0.409. The molecule has 1 amide bonds. The number of amides is 1. The summed E-state index contributed by atoms with van der Waals surface area (Å²) >= 11 is 6.45. The van der Waals surface area contributed by atoms with Crippen LogP contribution in [0.4, 0.5) is 5.69 Å². The largest absolute Gasteiger partial charge is 0.321 e. The second kappa shape index (κ2) is 9.67. The van der Waals surface area contributed by atoms with Gasteiger partial charge in [0, 0.05) is 11.3 Å². The van der Waals surface area contributed by atoms with Crippen molar-refractivity contribution in [1.82, 2.24) is 9.78 Å². The van der Waals surface area contributed by atoms with Gasteiger partial charge in [-0.2, -0.15) is 10.4 Å². The fourth-order valence-corrected chi connectivity index (χ4v) is 5.59. The Kier molecular flexibility index (Phi) is 7.19. The number of aryl methyl sites for hydroxylation is 2. The summed E-state index contributed by atoms with van der Waals surface area (Å²) in [5, 5.41) is 16.8. The number of aromatic nitrogens is 2. The summed E-state index contributed by atoms with van der Waals surface area (Å²) in [6, 6.07) is 9.12. The van der Waals surface area contributed by atoms with E-state index in [1.165, 1.54) is 16.3 Å². The van der Waals surface area contributed by atoms with E-state index in [1.54, 1.807) is 6.92 Å². The molecular formula is C22H25ClN4O3S. The molecular weight excluding hydrogens is 436 g/mol. The van der Waals surface area contributed by atoms with Crippen molar-refractivity contribution in [2.45, 2.75) is 45.6 Å². The molecule has 2 aromatic rings. The van der Waals surface area contributed by atoms with Crippen molar-refractivity contribution in [3.63, 3.8) is 0 Å². The zero-order valence-corrected chi connectivity index (χ0v) is 19.1. The highest BCUT2D eigenvalue weighted by Gasteiger charge is 2.32. The summed E-state index contributed by atoms with van der Waals surface area (Å²) in [6.45, 7) is 3.84. The molecule has 1 aromatic carbocycles. The number of carbonyl (C=O) groups excluding carboxylic acids is 1. The van der Waals surface area contributed by atoms with Gasteiger partial charge in [-0.15, -0.1) is 0 Å². The number of anilines is 1. The van der Waals surface area contributed by atoms with Crippen LogP contribution in [-0.2, 0) is 21.1 Å². The van der Waals surface area contributed by atoms with E-state index < -0.39 is 15.7 Å². The molecule has 7 nitrogen and oxygen atoms in total. The molecule has 164 valence electrons. The molecule has 1 aromatic heterocycles. The van der Waals surface area contributed by atoms with E-state index in [-0.39, 0.29) is 28.3 Å². The van der Waals surface area contributed by atoms with Crippen LogP contribution < -0.4 is 5.32 Å². The summed E-state index contributed by atoms with van der Waals surface area (Å²) in [7, 11) is -3.10. The Morgan fingerprint density at radius 1 is 1.39 bits per heavy atom. The lowest BCUT2D eigenvalue weighted by atomic mass is 10.1. The van der Waals surface area contributed by atoms with Gasteiger partial charge in [-0.05, 0) is 50.0 Å². The Hall–Kier alpha value is -2.63. The van der Waals surface area contributed by atoms with Gasteiger partial charge in [0.05, 0.1) is 23.2 Å². The van der Waals surface area contributed by atoms with Crippen LogP contribution in [-0.4, -0.2) is 35.6 Å². The average Bonchev–Trinajstić information content (AvgIpc) is 3.23. The lowest BCUT2D eigenvalue weighted by molar-refractivity contribution is -0.112. The minimum atomic E-state index is -3.10. The first-order valence-corrected chi connectivity index (χ1v) is 12.4. The van der Waals surface area contributed by atoms with Crippen molar-refractivity contribution in [2.75, 3.05) is 16.8 Å². The van der Waals surface area contributed by atoms with Gasteiger partial charge < -0.3 is 5.32 Å². The predicted molar refractivity (Wildman–Crippen MR) is 122 cm³/mol. The molecule has 0 unspecified atom stereocenters. The number of rotatable bonds is 7. The van der Waals surface area contributed by atoms with Crippen molar-refractivity contribution in [1.29, 1.82) is 5.26 Å². The predicted octanol–water partition coefficient (Wildman–Crippen LogP) is 4.09. The van der Waals surface area contributed by atoms with Gasteiger partial charge in [0.25, 0.3) is 5.91 Å². The van der Waals surface area contributed by atoms with Crippen LogP contribution in [0.2, 0.25) is 5.15 Å². The third-order valence-corrected chi connectivity index (χ3v) is 7.44. The highest BCUT2D eigenvalue weighted by Crippen LogP contribution is 2.31. The van der Waals surface area contributed by atoms with Crippen LogP contribution in [0.1, 0.15) is 49.0 Å². The molecule has 1 aliphatic rings. The molecule has 0 aliphatic carbocycles. The molecule has 0 bridgehead atoms. The molecule has 1 aliphatic heterocycles. The van der Waals surface area contributed by atoms with E-state index in [0.29, 0.717) is 23.4 Å². The van der Waals surface area contributed by atoms with E-state index in [0.717, 1.165) is 19.3 Å². The summed E-state index contributed by atoms with van der Waals surface area (Å²) < 4.78 is 25.1. The van der Waals surface area contributed by atoms with E-state index >= 15 is 0 Å². The third-order valence-electron chi connectivity index (χ3n) is 5.31. The van der Waals surface area contributed by atoms with Crippen LogP contribution in [0.5, 0.6) is 0 Å². The maximum absolute atomic E-state index is 12.6. The molecule has 2 heterocycles. The molecule has 3 rings (SSSR count). The Balaban J connectivity index is 1.78. The molecule has 1 saturated heterocycles. The van der Waals surface area contributed by atoms with Crippen molar-refractivity contribution in [2.24, 2.45) is 0 Å². The summed E-state index contributed by atoms with van der Waals surface area (Å²) in [4.78, 5) is 12.6. The Morgan fingerprint density at radius 2 is 2.10 bits per heavy atom. The number of nitrogens with one attached hydrogen (secondary N) is 1. The molecule has 9 heteroatoms. The number of nitrogens with zero attached hydrogens (tertiary/aromatic N) is 3. The summed E-state index contributed by atoms with van der Waals surface area (Å²) in [5.41, 5.74) is 2.64. The SMILES string of the molecule is CCCCc1ccc(NC(=O)/C(C#N)=C/c2c(C)nn([C@@H]3CCS(=O)(=O)C3)c2Cl)cc1. The van der Waals surface area contributed by atoms with Gasteiger partial charge in [-0.1, -0.05) is 37.1 Å². The van der Waals surface area contributed by atoms with Gasteiger partial charge in [-0.25, -0.2) is 13.1 Å². The van der Waals surface area contributed by atoms with Gasteiger partial charge in [0.2, 0.25) is 0 Å². The monoisotopic (exact) mass is 460 g/mol. The minimum Gasteiger partial charge on any atom is -0.321 e. The van der Waals surface area contributed by atoms with Crippen molar-refractivity contribution in [3.05, 3.63) is 51.8 Å². The molecule has 1 fully saturated rings. The van der Waals surface area contributed by atoms with Crippen molar-refractivity contribution < 1.29 is 13.2 Å². The van der Waals surface area contributed by atoms with E-state index in [2.05, 4.69) is 17.3 Å². The zero-order chi connectivity index (χ0) is 22.6. The molecule has 0 spiro atoms. The lowest BCUT2D eigenvalue weighted by Gasteiger charge is -2.09. The second-order valence-corrected chi connectivity index (χ2v) is 10.3. The Morgan fingerprint density at radius 3 is 2.68 bits per heavy atom. The smallest absolute Gasteiger partial charge is 0.266 e. The molecule has 0 radical (unpaired) electrons. The Labute approximate surface area is 187 Å². The van der Waals surface area contributed by atoms with E-state index in [9.17, 15) is 18.5 Å². The number of hydrogen-bond acceptors (Lipinski definition) is 5. The highest BCUT2D eigenvalue weighted by molar-refractivity contribution is 7.91. The zero-order valence-electron chi connectivity index (χ0n) is 17.6. The van der Waals surface area contributed by atoms with E-state index in [4.69, 9.17) is 11.6 Å². The van der Waals surface area contributed by atoms with Gasteiger partial charge >= 0.3 is 0 Å². The van der Waals surface area contributed by atoms with Crippen LogP contribution >= 0.6 is 11.6 Å².